The van der Waals surface area contributed by atoms with Gasteiger partial charge in [-0.2, -0.15) is 0 Å². The van der Waals surface area contributed by atoms with Gasteiger partial charge in [0, 0.05) is 12.1 Å². The van der Waals surface area contributed by atoms with Gasteiger partial charge < -0.3 is 19.5 Å². The van der Waals surface area contributed by atoms with Gasteiger partial charge in [-0.05, 0) is 36.3 Å². The van der Waals surface area contributed by atoms with E-state index in [1.165, 1.54) is 18.1 Å². The minimum atomic E-state index is -4.86. The lowest BCUT2D eigenvalue weighted by Crippen LogP contribution is -2.36. The molecule has 29 heavy (non-hydrogen) atoms. The highest BCUT2D eigenvalue weighted by Gasteiger charge is 2.42. The number of hydrogen-bond acceptors (Lipinski definition) is 5. The molecule has 0 aromatic carbocycles. The molecule has 2 heterocycles. The summed E-state index contributed by atoms with van der Waals surface area (Å²) in [6.07, 6.45) is -3.39. The van der Waals surface area contributed by atoms with Crippen LogP contribution in [0.4, 0.5) is 13.2 Å². The maximum atomic E-state index is 13.1. The monoisotopic (exact) mass is 449 g/mol. The zero-order chi connectivity index (χ0) is 21.5. The third kappa shape index (κ3) is 4.27. The first-order chi connectivity index (χ1) is 13.5. The molecular formula is C18H15ClF3NO5S. The number of carboxylic acid groups (broad SMARTS) is 1. The fraction of sp³-hybridized carbons (Fsp3) is 0.333. The molecule has 0 spiro atoms. The number of hydrogen-bond donors (Lipinski definition) is 1. The molecule has 0 saturated heterocycles. The number of carbonyl (C=O) groups is 2. The number of alkyl halides is 3. The first-order valence-electron chi connectivity index (χ1n) is 8.27. The van der Waals surface area contributed by atoms with Crippen molar-refractivity contribution >= 4 is 34.8 Å². The lowest BCUT2D eigenvalue weighted by molar-refractivity contribution is -0.273. The van der Waals surface area contributed by atoms with Crippen molar-refractivity contribution in [3.63, 3.8) is 0 Å². The number of thiophene rings is 1. The predicted octanol–water partition coefficient (Wildman–Crippen LogP) is 4.65. The number of carboxylic acids is 1. The van der Waals surface area contributed by atoms with Gasteiger partial charge in [-0.1, -0.05) is 22.9 Å². The summed E-state index contributed by atoms with van der Waals surface area (Å²) in [7, 11) is 1.42. The van der Waals surface area contributed by atoms with E-state index in [1.54, 1.807) is 13.0 Å². The van der Waals surface area contributed by atoms with Gasteiger partial charge in [-0.25, -0.2) is 0 Å². The van der Waals surface area contributed by atoms with Crippen molar-refractivity contribution in [2.45, 2.75) is 32.2 Å². The molecule has 1 atom stereocenters. The van der Waals surface area contributed by atoms with Crippen LogP contribution in [0.25, 0.3) is 0 Å². The van der Waals surface area contributed by atoms with E-state index in [1.807, 2.05) is 0 Å². The fourth-order valence-corrected chi connectivity index (χ4v) is 4.46. The van der Waals surface area contributed by atoms with Crippen molar-refractivity contribution in [3.05, 3.63) is 50.7 Å². The molecule has 1 N–H and O–H groups in total. The second-order valence-electron chi connectivity index (χ2n) is 6.27. The van der Waals surface area contributed by atoms with Crippen LogP contribution in [0.15, 0.2) is 45.8 Å². The lowest BCUT2D eigenvalue weighted by atomic mass is 9.92. The summed E-state index contributed by atoms with van der Waals surface area (Å²) < 4.78 is 46.3. The molecule has 3 rings (SSSR count). The van der Waals surface area contributed by atoms with Crippen molar-refractivity contribution < 1.29 is 37.3 Å². The van der Waals surface area contributed by atoms with Crippen LogP contribution in [0, 0.1) is 0 Å². The van der Waals surface area contributed by atoms with E-state index in [0.29, 0.717) is 39.0 Å². The van der Waals surface area contributed by atoms with Gasteiger partial charge in [0.25, 0.3) is 5.91 Å². The number of halogens is 4. The molecule has 1 amide bonds. The SMILES string of the molecule is COC1=C(Cl)CC2C(=C1)C(CC(=O)O)=C(C)N2C(=O)c1ccc(OC(F)(F)F)s1. The molecule has 0 saturated carbocycles. The molecule has 2 aliphatic rings. The number of nitrogens with zero attached hydrogens (tertiary/aromatic N) is 1. The Morgan fingerprint density at radius 2 is 2.07 bits per heavy atom. The first-order valence-corrected chi connectivity index (χ1v) is 9.46. The molecule has 1 unspecified atom stereocenters. The summed E-state index contributed by atoms with van der Waals surface area (Å²) in [5.41, 5.74) is 1.43. The second-order valence-corrected chi connectivity index (χ2v) is 7.77. The zero-order valence-electron chi connectivity index (χ0n) is 15.2. The Morgan fingerprint density at radius 3 is 2.66 bits per heavy atom. The minimum Gasteiger partial charge on any atom is -0.496 e. The van der Waals surface area contributed by atoms with E-state index < -0.39 is 29.3 Å². The van der Waals surface area contributed by atoms with Gasteiger partial charge in [0.15, 0.2) is 5.06 Å². The summed E-state index contributed by atoms with van der Waals surface area (Å²) in [5.74, 6) is -1.27. The maximum Gasteiger partial charge on any atom is 0.573 e. The average Bonchev–Trinajstić information content (AvgIpc) is 3.15. The zero-order valence-corrected chi connectivity index (χ0v) is 16.7. The van der Waals surface area contributed by atoms with E-state index in [-0.39, 0.29) is 17.7 Å². The van der Waals surface area contributed by atoms with Gasteiger partial charge in [0.1, 0.15) is 5.76 Å². The van der Waals surface area contributed by atoms with Crippen LogP contribution in [0.2, 0.25) is 0 Å². The van der Waals surface area contributed by atoms with E-state index in [9.17, 15) is 27.9 Å². The third-order valence-corrected chi connectivity index (χ3v) is 5.81. The molecule has 1 aromatic heterocycles. The molecule has 0 fully saturated rings. The largest absolute Gasteiger partial charge is 0.573 e. The molecule has 1 aliphatic heterocycles. The number of allylic oxidation sites excluding steroid dienone is 2. The van der Waals surface area contributed by atoms with E-state index >= 15 is 0 Å². The number of aliphatic carboxylic acids is 1. The van der Waals surface area contributed by atoms with Crippen molar-refractivity contribution in [1.29, 1.82) is 0 Å². The quantitative estimate of drug-likeness (QED) is 0.708. The molecule has 1 aliphatic carbocycles. The Morgan fingerprint density at radius 1 is 1.38 bits per heavy atom. The van der Waals surface area contributed by atoms with Crippen LogP contribution in [0.3, 0.4) is 0 Å². The van der Waals surface area contributed by atoms with Crippen molar-refractivity contribution in [2.75, 3.05) is 7.11 Å². The van der Waals surface area contributed by atoms with Crippen molar-refractivity contribution in [3.8, 4) is 5.06 Å². The summed E-state index contributed by atoms with van der Waals surface area (Å²) in [6, 6.07) is 1.73. The van der Waals surface area contributed by atoms with Crippen LogP contribution >= 0.6 is 22.9 Å². The molecule has 0 bridgehead atoms. The van der Waals surface area contributed by atoms with Crippen LogP contribution in [0.5, 0.6) is 5.06 Å². The Labute approximate surface area is 172 Å². The molecule has 6 nitrogen and oxygen atoms in total. The number of methoxy groups -OCH3 is 1. The molecule has 156 valence electrons. The number of rotatable bonds is 5. The predicted molar refractivity (Wildman–Crippen MR) is 98.5 cm³/mol. The summed E-state index contributed by atoms with van der Waals surface area (Å²) in [6.45, 7) is 1.59. The smallest absolute Gasteiger partial charge is 0.496 e. The van der Waals surface area contributed by atoms with Crippen LogP contribution in [0.1, 0.15) is 29.4 Å². The van der Waals surface area contributed by atoms with E-state index in [0.717, 1.165) is 6.07 Å². The number of carbonyl (C=O) groups excluding carboxylic acids is 1. The summed E-state index contributed by atoms with van der Waals surface area (Å²) in [4.78, 5) is 25.8. The standard InChI is InChI=1S/C18H15ClF3NO5S/c1-8-9(6-15(24)25)10-5-13(27-2)11(19)7-12(10)23(8)17(26)14-3-4-16(29-14)28-18(20,21)22/h3-5,12H,6-7H2,1-2H3,(H,24,25). The highest BCUT2D eigenvalue weighted by Crippen LogP contribution is 2.44. The number of fused-ring (bicyclic) bond motifs is 1. The summed E-state index contributed by atoms with van der Waals surface area (Å²) >= 11 is 6.79. The van der Waals surface area contributed by atoms with Crippen LogP contribution < -0.4 is 4.74 Å². The molecule has 11 heteroatoms. The Balaban J connectivity index is 1.98. The van der Waals surface area contributed by atoms with Gasteiger partial charge in [0.2, 0.25) is 0 Å². The Hall–Kier alpha value is -2.46. The summed E-state index contributed by atoms with van der Waals surface area (Å²) in [5, 5.41) is 9.15. The highest BCUT2D eigenvalue weighted by atomic mass is 35.5. The molecule has 1 aromatic rings. The highest BCUT2D eigenvalue weighted by molar-refractivity contribution is 7.15. The molecular weight excluding hydrogens is 435 g/mol. The van der Waals surface area contributed by atoms with Crippen molar-refractivity contribution in [1.82, 2.24) is 4.90 Å². The second kappa shape index (κ2) is 7.75. The Bertz CT molecular complexity index is 963. The third-order valence-electron chi connectivity index (χ3n) is 4.52. The van der Waals surface area contributed by atoms with Gasteiger partial charge >= 0.3 is 12.3 Å². The van der Waals surface area contributed by atoms with E-state index in [4.69, 9.17) is 16.3 Å². The minimum absolute atomic E-state index is 0.0252. The number of amides is 1. The van der Waals surface area contributed by atoms with Crippen LogP contribution in [-0.2, 0) is 9.53 Å². The maximum absolute atomic E-state index is 13.1. The van der Waals surface area contributed by atoms with Crippen molar-refractivity contribution in [2.24, 2.45) is 0 Å². The van der Waals surface area contributed by atoms with Gasteiger partial charge in [-0.3, -0.25) is 9.59 Å². The fourth-order valence-electron chi connectivity index (χ4n) is 3.37. The molecule has 0 radical (unpaired) electrons. The van der Waals surface area contributed by atoms with E-state index in [2.05, 4.69) is 4.74 Å². The Kier molecular flexibility index (Phi) is 5.68. The first kappa shape index (κ1) is 21.3. The number of ether oxygens (including phenoxy) is 2. The van der Waals surface area contributed by atoms with Gasteiger partial charge in [-0.15, -0.1) is 13.2 Å². The average molecular weight is 450 g/mol. The van der Waals surface area contributed by atoms with Crippen LogP contribution in [-0.4, -0.2) is 41.4 Å². The normalized spacial score (nSPS) is 19.3. The lowest BCUT2D eigenvalue weighted by Gasteiger charge is -2.29. The topological polar surface area (TPSA) is 76.1 Å². The van der Waals surface area contributed by atoms with Gasteiger partial charge in [0.05, 0.1) is 29.5 Å².